The van der Waals surface area contributed by atoms with Crippen LogP contribution in [0.5, 0.6) is 0 Å². The third-order valence-electron chi connectivity index (χ3n) is 3.94. The molecule has 1 aliphatic carbocycles. The summed E-state index contributed by atoms with van der Waals surface area (Å²) < 4.78 is 1.92. The predicted molar refractivity (Wildman–Crippen MR) is 76.9 cm³/mol. The third kappa shape index (κ3) is 3.06. The Labute approximate surface area is 111 Å². The molecule has 0 aliphatic heterocycles. The monoisotopic (exact) mass is 249 g/mol. The van der Waals surface area contributed by atoms with E-state index in [1.54, 1.807) is 0 Å². The van der Waals surface area contributed by atoms with Gasteiger partial charge in [0.05, 0.1) is 11.4 Å². The van der Waals surface area contributed by atoms with Gasteiger partial charge in [-0.2, -0.15) is 5.10 Å². The number of nitrogens with one attached hydrogen (secondary N) is 1. The molecule has 0 saturated heterocycles. The van der Waals surface area contributed by atoms with Crippen LogP contribution in [0.3, 0.4) is 0 Å². The number of aromatic nitrogens is 2. The van der Waals surface area contributed by atoms with E-state index in [0.29, 0.717) is 12.0 Å². The van der Waals surface area contributed by atoms with Crippen LogP contribution in [0.2, 0.25) is 0 Å². The lowest BCUT2D eigenvalue weighted by molar-refractivity contribution is 0.280. The average Bonchev–Trinajstić information content (AvgIpc) is 2.57. The van der Waals surface area contributed by atoms with Crippen molar-refractivity contribution in [1.29, 1.82) is 0 Å². The van der Waals surface area contributed by atoms with Crippen LogP contribution >= 0.6 is 0 Å². The molecule has 18 heavy (non-hydrogen) atoms. The van der Waals surface area contributed by atoms with Crippen molar-refractivity contribution in [3.63, 3.8) is 0 Å². The highest BCUT2D eigenvalue weighted by Gasteiger charge is 2.25. The highest BCUT2D eigenvalue weighted by Crippen LogP contribution is 2.32. The molecule has 3 nitrogen and oxygen atoms in total. The van der Waals surface area contributed by atoms with Gasteiger partial charge < -0.3 is 5.32 Å². The molecule has 0 aromatic carbocycles. The number of rotatable bonds is 3. The first-order valence-corrected chi connectivity index (χ1v) is 7.25. The van der Waals surface area contributed by atoms with Crippen molar-refractivity contribution in [2.24, 2.45) is 18.9 Å². The van der Waals surface area contributed by atoms with Crippen LogP contribution < -0.4 is 5.32 Å². The first-order chi connectivity index (χ1) is 8.45. The van der Waals surface area contributed by atoms with Crippen LogP contribution in [0.25, 0.3) is 0 Å². The van der Waals surface area contributed by atoms with Crippen molar-refractivity contribution in [1.82, 2.24) is 9.78 Å². The maximum atomic E-state index is 4.57. The van der Waals surface area contributed by atoms with Gasteiger partial charge in [0.15, 0.2) is 0 Å². The summed E-state index contributed by atoms with van der Waals surface area (Å²) in [5, 5.41) is 8.30. The smallest absolute Gasteiger partial charge is 0.0881 e. The molecule has 2 unspecified atom stereocenters. The molecule has 1 aromatic rings. The van der Waals surface area contributed by atoms with E-state index >= 15 is 0 Å². The van der Waals surface area contributed by atoms with Gasteiger partial charge in [0.1, 0.15) is 0 Å². The molecule has 3 heteroatoms. The van der Waals surface area contributed by atoms with Crippen LogP contribution in [-0.2, 0) is 7.05 Å². The van der Waals surface area contributed by atoms with Crippen LogP contribution in [0, 0.1) is 11.8 Å². The largest absolute Gasteiger partial charge is 0.380 e. The van der Waals surface area contributed by atoms with Gasteiger partial charge in [-0.3, -0.25) is 4.68 Å². The zero-order valence-corrected chi connectivity index (χ0v) is 12.4. The number of hydrogen-bond acceptors (Lipinski definition) is 2. The fraction of sp³-hybridized carbons (Fsp3) is 0.800. The number of nitrogens with zero attached hydrogens (tertiary/aromatic N) is 2. The molecule has 1 saturated carbocycles. The molecule has 2 rings (SSSR count). The fourth-order valence-corrected chi connectivity index (χ4v) is 3.33. The Morgan fingerprint density at radius 3 is 2.39 bits per heavy atom. The summed E-state index contributed by atoms with van der Waals surface area (Å²) in [6.45, 7) is 9.16. The van der Waals surface area contributed by atoms with Gasteiger partial charge >= 0.3 is 0 Å². The van der Waals surface area contributed by atoms with Gasteiger partial charge in [0.25, 0.3) is 0 Å². The van der Waals surface area contributed by atoms with E-state index in [0.717, 1.165) is 11.8 Å². The van der Waals surface area contributed by atoms with Crippen molar-refractivity contribution < 1.29 is 0 Å². The first-order valence-electron chi connectivity index (χ1n) is 7.25. The van der Waals surface area contributed by atoms with Gasteiger partial charge in [-0.25, -0.2) is 0 Å². The Balaban J connectivity index is 2.08. The van der Waals surface area contributed by atoms with E-state index in [1.807, 2.05) is 11.7 Å². The van der Waals surface area contributed by atoms with Gasteiger partial charge in [0, 0.05) is 19.3 Å². The summed E-state index contributed by atoms with van der Waals surface area (Å²) in [5.41, 5.74) is 2.43. The van der Waals surface area contributed by atoms with Crippen molar-refractivity contribution in [3.05, 3.63) is 11.9 Å². The molecule has 0 spiro atoms. The standard InChI is InChI=1S/C15H27N3/c1-10(2)15-14(9-18(5)17-15)16-13-7-11(3)6-12(4)8-13/h9-13,16H,6-8H2,1-5H3. The van der Waals surface area contributed by atoms with E-state index in [1.165, 1.54) is 30.6 Å². The maximum absolute atomic E-state index is 4.57. The summed E-state index contributed by atoms with van der Waals surface area (Å²) in [6, 6.07) is 0.616. The van der Waals surface area contributed by atoms with Gasteiger partial charge in [-0.1, -0.05) is 27.7 Å². The van der Waals surface area contributed by atoms with E-state index < -0.39 is 0 Å². The summed E-state index contributed by atoms with van der Waals surface area (Å²) in [6.07, 6.45) is 6.08. The third-order valence-corrected chi connectivity index (χ3v) is 3.94. The topological polar surface area (TPSA) is 29.9 Å². The minimum Gasteiger partial charge on any atom is -0.380 e. The SMILES string of the molecule is CC1CC(C)CC(Nc2cn(C)nc2C(C)C)C1. The zero-order chi connectivity index (χ0) is 13.3. The first kappa shape index (κ1) is 13.4. The molecule has 1 heterocycles. The molecule has 102 valence electrons. The predicted octanol–water partition coefficient (Wildman–Crippen LogP) is 3.78. The molecule has 0 radical (unpaired) electrons. The van der Waals surface area contributed by atoms with E-state index in [9.17, 15) is 0 Å². The zero-order valence-electron chi connectivity index (χ0n) is 12.4. The number of hydrogen-bond donors (Lipinski definition) is 1. The number of anilines is 1. The highest BCUT2D eigenvalue weighted by molar-refractivity contribution is 5.48. The fourth-order valence-electron chi connectivity index (χ4n) is 3.33. The molecule has 2 atom stereocenters. The lowest BCUT2D eigenvalue weighted by atomic mass is 9.80. The summed E-state index contributed by atoms with van der Waals surface area (Å²) in [5.74, 6) is 2.16. The van der Waals surface area contributed by atoms with Crippen molar-refractivity contribution in [2.75, 3.05) is 5.32 Å². The second kappa shape index (κ2) is 5.33. The van der Waals surface area contributed by atoms with E-state index in [-0.39, 0.29) is 0 Å². The Kier molecular flexibility index (Phi) is 3.98. The maximum Gasteiger partial charge on any atom is 0.0881 e. The van der Waals surface area contributed by atoms with E-state index in [4.69, 9.17) is 0 Å². The second-order valence-corrected chi connectivity index (χ2v) is 6.52. The minimum atomic E-state index is 0.479. The average molecular weight is 249 g/mol. The molecular weight excluding hydrogens is 222 g/mol. The molecule has 1 aromatic heterocycles. The summed E-state index contributed by atoms with van der Waals surface area (Å²) in [7, 11) is 2.00. The van der Waals surface area contributed by atoms with Gasteiger partial charge in [-0.05, 0) is 37.0 Å². The van der Waals surface area contributed by atoms with Crippen LogP contribution in [0.1, 0.15) is 58.6 Å². The quantitative estimate of drug-likeness (QED) is 0.883. The molecule has 1 N–H and O–H groups in total. The molecule has 0 bridgehead atoms. The lowest BCUT2D eigenvalue weighted by Crippen LogP contribution is -2.30. The van der Waals surface area contributed by atoms with E-state index in [2.05, 4.69) is 44.3 Å². The molecule has 0 amide bonds. The Bertz CT molecular complexity index is 384. The van der Waals surface area contributed by atoms with Crippen LogP contribution in [-0.4, -0.2) is 15.8 Å². The molecule has 1 aliphatic rings. The summed E-state index contributed by atoms with van der Waals surface area (Å²) in [4.78, 5) is 0. The van der Waals surface area contributed by atoms with Crippen molar-refractivity contribution in [3.8, 4) is 0 Å². The highest BCUT2D eigenvalue weighted by atomic mass is 15.3. The Hall–Kier alpha value is -0.990. The van der Waals surface area contributed by atoms with Crippen LogP contribution in [0.15, 0.2) is 6.20 Å². The van der Waals surface area contributed by atoms with Gasteiger partial charge in [0.2, 0.25) is 0 Å². The Morgan fingerprint density at radius 1 is 1.22 bits per heavy atom. The minimum absolute atomic E-state index is 0.479. The van der Waals surface area contributed by atoms with Gasteiger partial charge in [-0.15, -0.1) is 0 Å². The molecule has 1 fully saturated rings. The molecular formula is C15H27N3. The lowest BCUT2D eigenvalue weighted by Gasteiger charge is -2.32. The second-order valence-electron chi connectivity index (χ2n) is 6.52. The number of aryl methyl sites for hydroxylation is 1. The Morgan fingerprint density at radius 2 is 1.83 bits per heavy atom. The van der Waals surface area contributed by atoms with Crippen molar-refractivity contribution >= 4 is 5.69 Å². The van der Waals surface area contributed by atoms with Crippen molar-refractivity contribution in [2.45, 2.75) is 58.9 Å². The summed E-state index contributed by atoms with van der Waals surface area (Å²) >= 11 is 0. The normalized spacial score (nSPS) is 28.7. The van der Waals surface area contributed by atoms with Crippen LogP contribution in [0.4, 0.5) is 5.69 Å².